The topological polar surface area (TPSA) is 64.3 Å². The molecule has 1 aromatic heterocycles. The zero-order valence-electron chi connectivity index (χ0n) is 10.0. The molecule has 0 spiro atoms. The van der Waals surface area contributed by atoms with Crippen LogP contribution in [0.25, 0.3) is 0 Å². The summed E-state index contributed by atoms with van der Waals surface area (Å²) in [6.07, 6.45) is 3.62. The van der Waals surface area contributed by atoms with Crippen LogP contribution in [0.1, 0.15) is 11.1 Å². The Balaban J connectivity index is 1.98. The largest absolute Gasteiger partial charge is 0.489 e. The van der Waals surface area contributed by atoms with Gasteiger partial charge in [-0.15, -0.1) is 0 Å². The van der Waals surface area contributed by atoms with Crippen molar-refractivity contribution >= 4 is 5.97 Å². The quantitative estimate of drug-likeness (QED) is 0.870. The Morgan fingerprint density at radius 2 is 2.28 bits per heavy atom. The average Bonchev–Trinajstić information content (AvgIpc) is 2.72. The normalized spacial score (nSPS) is 10.3. The molecule has 0 unspecified atom stereocenters. The van der Waals surface area contributed by atoms with Crippen molar-refractivity contribution in [3.8, 4) is 5.75 Å². The van der Waals surface area contributed by atoms with E-state index in [1.165, 1.54) is 0 Å². The summed E-state index contributed by atoms with van der Waals surface area (Å²) in [7, 11) is 1.84. The van der Waals surface area contributed by atoms with Crippen LogP contribution in [0.4, 0.5) is 0 Å². The molecular weight excluding hydrogens is 232 g/mol. The van der Waals surface area contributed by atoms with Crippen LogP contribution >= 0.6 is 0 Å². The monoisotopic (exact) mass is 246 g/mol. The zero-order valence-corrected chi connectivity index (χ0v) is 10.0. The van der Waals surface area contributed by atoms with Crippen LogP contribution in [0.2, 0.25) is 0 Å². The highest BCUT2D eigenvalue weighted by atomic mass is 16.5. The highest BCUT2D eigenvalue weighted by Gasteiger charge is 2.03. The van der Waals surface area contributed by atoms with Gasteiger partial charge in [-0.1, -0.05) is 12.1 Å². The van der Waals surface area contributed by atoms with E-state index >= 15 is 0 Å². The number of ether oxygens (including phenoxy) is 1. The molecular formula is C13H14N2O3. The molecule has 0 bridgehead atoms. The van der Waals surface area contributed by atoms with Crippen LogP contribution < -0.4 is 4.74 Å². The van der Waals surface area contributed by atoms with Crippen molar-refractivity contribution in [3.05, 3.63) is 47.8 Å². The highest BCUT2D eigenvalue weighted by Crippen LogP contribution is 2.15. The number of carboxylic acid groups (broad SMARTS) is 1. The van der Waals surface area contributed by atoms with Crippen molar-refractivity contribution in [2.24, 2.45) is 7.05 Å². The van der Waals surface area contributed by atoms with Crippen molar-refractivity contribution in [1.82, 2.24) is 9.78 Å². The molecule has 5 heteroatoms. The Morgan fingerprint density at radius 1 is 1.44 bits per heavy atom. The first-order chi connectivity index (χ1) is 8.63. The molecule has 2 aromatic rings. The summed E-state index contributed by atoms with van der Waals surface area (Å²) in [5.74, 6) is -0.183. The maximum absolute atomic E-state index is 10.6. The van der Waals surface area contributed by atoms with E-state index in [0.29, 0.717) is 12.4 Å². The van der Waals surface area contributed by atoms with Crippen LogP contribution in [0.5, 0.6) is 5.75 Å². The van der Waals surface area contributed by atoms with Crippen molar-refractivity contribution in [2.45, 2.75) is 13.0 Å². The summed E-state index contributed by atoms with van der Waals surface area (Å²) in [5, 5.41) is 12.8. The number of hydrogen-bond donors (Lipinski definition) is 1. The van der Waals surface area contributed by atoms with Gasteiger partial charge in [0.2, 0.25) is 0 Å². The number of benzene rings is 1. The smallest absolute Gasteiger partial charge is 0.307 e. The molecule has 1 heterocycles. The van der Waals surface area contributed by atoms with Crippen LogP contribution in [-0.2, 0) is 24.9 Å². The maximum atomic E-state index is 10.6. The van der Waals surface area contributed by atoms with Gasteiger partial charge in [0, 0.05) is 18.8 Å². The lowest BCUT2D eigenvalue weighted by Gasteiger charge is -2.05. The third-order valence-corrected chi connectivity index (χ3v) is 2.42. The molecule has 1 N–H and O–H groups in total. The molecule has 0 atom stereocenters. The molecule has 94 valence electrons. The molecule has 2 rings (SSSR count). The van der Waals surface area contributed by atoms with Crippen molar-refractivity contribution in [2.75, 3.05) is 0 Å². The van der Waals surface area contributed by atoms with Crippen molar-refractivity contribution in [1.29, 1.82) is 0 Å². The molecule has 0 aliphatic rings. The highest BCUT2D eigenvalue weighted by molar-refractivity contribution is 5.70. The minimum Gasteiger partial charge on any atom is -0.489 e. The van der Waals surface area contributed by atoms with Gasteiger partial charge in [0.05, 0.1) is 12.6 Å². The van der Waals surface area contributed by atoms with Gasteiger partial charge in [-0.3, -0.25) is 9.48 Å². The second-order valence-electron chi connectivity index (χ2n) is 4.03. The van der Waals surface area contributed by atoms with Gasteiger partial charge in [0.15, 0.2) is 0 Å². The van der Waals surface area contributed by atoms with E-state index in [4.69, 9.17) is 9.84 Å². The standard InChI is InChI=1S/C13H14N2O3/c1-15-8-11(7-14-15)9-18-12-4-2-3-10(5-12)6-13(16)17/h2-5,7-8H,6,9H2,1H3,(H,16,17). The molecule has 0 radical (unpaired) electrons. The van der Waals surface area contributed by atoms with Gasteiger partial charge in [-0.05, 0) is 17.7 Å². The van der Waals surface area contributed by atoms with Crippen molar-refractivity contribution in [3.63, 3.8) is 0 Å². The summed E-state index contributed by atoms with van der Waals surface area (Å²) in [6.45, 7) is 0.421. The summed E-state index contributed by atoms with van der Waals surface area (Å²) < 4.78 is 7.29. The SMILES string of the molecule is Cn1cc(COc2cccc(CC(=O)O)c2)cn1. The van der Waals surface area contributed by atoms with E-state index in [9.17, 15) is 4.79 Å². The van der Waals surface area contributed by atoms with Gasteiger partial charge in [0.25, 0.3) is 0 Å². The van der Waals surface area contributed by atoms with Crippen LogP contribution in [0, 0.1) is 0 Å². The molecule has 0 aliphatic carbocycles. The summed E-state index contributed by atoms with van der Waals surface area (Å²) in [6, 6.07) is 7.11. The number of aryl methyl sites for hydroxylation is 1. The summed E-state index contributed by atoms with van der Waals surface area (Å²) in [4.78, 5) is 10.6. The van der Waals surface area contributed by atoms with Gasteiger partial charge in [0.1, 0.15) is 12.4 Å². The number of aliphatic carboxylic acids is 1. The van der Waals surface area contributed by atoms with Gasteiger partial charge < -0.3 is 9.84 Å². The Kier molecular flexibility index (Phi) is 3.62. The lowest BCUT2D eigenvalue weighted by atomic mass is 10.1. The van der Waals surface area contributed by atoms with Crippen molar-refractivity contribution < 1.29 is 14.6 Å². The third-order valence-electron chi connectivity index (χ3n) is 2.42. The molecule has 0 saturated carbocycles. The lowest BCUT2D eigenvalue weighted by molar-refractivity contribution is -0.136. The van der Waals surface area contributed by atoms with Gasteiger partial charge in [-0.25, -0.2) is 0 Å². The van der Waals surface area contributed by atoms with E-state index in [1.807, 2.05) is 19.3 Å². The zero-order chi connectivity index (χ0) is 13.0. The molecule has 0 fully saturated rings. The molecule has 0 aliphatic heterocycles. The van der Waals surface area contributed by atoms with E-state index in [0.717, 1.165) is 11.1 Å². The molecule has 5 nitrogen and oxygen atoms in total. The molecule has 18 heavy (non-hydrogen) atoms. The Bertz CT molecular complexity index is 549. The first-order valence-electron chi connectivity index (χ1n) is 5.54. The van der Waals surface area contributed by atoms with Gasteiger partial charge in [-0.2, -0.15) is 5.10 Å². The Hall–Kier alpha value is -2.30. The first kappa shape index (κ1) is 12.2. The number of rotatable bonds is 5. The fourth-order valence-electron chi connectivity index (χ4n) is 1.63. The van der Waals surface area contributed by atoms with Crippen LogP contribution in [0.3, 0.4) is 0 Å². The Labute approximate surface area is 105 Å². The number of nitrogens with zero attached hydrogens (tertiary/aromatic N) is 2. The van der Waals surface area contributed by atoms with Crippen LogP contribution in [0.15, 0.2) is 36.7 Å². The minimum absolute atomic E-state index is 0.00406. The third kappa shape index (κ3) is 3.35. The average molecular weight is 246 g/mol. The molecule has 1 aromatic carbocycles. The number of carboxylic acids is 1. The van der Waals surface area contributed by atoms with E-state index < -0.39 is 5.97 Å². The minimum atomic E-state index is -0.848. The van der Waals surface area contributed by atoms with Crippen LogP contribution in [-0.4, -0.2) is 20.9 Å². The predicted molar refractivity (Wildman–Crippen MR) is 65.3 cm³/mol. The Morgan fingerprint density at radius 3 is 2.94 bits per heavy atom. The fraction of sp³-hybridized carbons (Fsp3) is 0.231. The number of aromatic nitrogens is 2. The second-order valence-corrected chi connectivity index (χ2v) is 4.03. The lowest BCUT2D eigenvalue weighted by Crippen LogP contribution is -2.00. The predicted octanol–water partition coefficient (Wildman–Crippen LogP) is 1.63. The number of carbonyl (C=O) groups is 1. The van der Waals surface area contributed by atoms with Gasteiger partial charge >= 0.3 is 5.97 Å². The van der Waals surface area contributed by atoms with E-state index in [2.05, 4.69) is 5.10 Å². The number of hydrogen-bond acceptors (Lipinski definition) is 3. The maximum Gasteiger partial charge on any atom is 0.307 e. The fourth-order valence-corrected chi connectivity index (χ4v) is 1.63. The first-order valence-corrected chi connectivity index (χ1v) is 5.54. The summed E-state index contributed by atoms with van der Waals surface area (Å²) in [5.41, 5.74) is 1.70. The molecule has 0 saturated heterocycles. The molecule has 0 amide bonds. The summed E-state index contributed by atoms with van der Waals surface area (Å²) >= 11 is 0. The van der Waals surface area contributed by atoms with E-state index in [-0.39, 0.29) is 6.42 Å². The second kappa shape index (κ2) is 5.35. The van der Waals surface area contributed by atoms with E-state index in [1.54, 1.807) is 29.1 Å².